The summed E-state index contributed by atoms with van der Waals surface area (Å²) in [6, 6.07) is 7.92. The van der Waals surface area contributed by atoms with Crippen LogP contribution in [0.15, 0.2) is 28.7 Å². The number of oxazole rings is 1. The van der Waals surface area contributed by atoms with Gasteiger partial charge in [-0.25, -0.2) is 4.98 Å². The molecule has 0 saturated carbocycles. The van der Waals surface area contributed by atoms with Gasteiger partial charge in [0, 0.05) is 36.0 Å². The van der Waals surface area contributed by atoms with Crippen LogP contribution in [0.4, 0.5) is 0 Å². The van der Waals surface area contributed by atoms with E-state index >= 15 is 0 Å². The number of rotatable bonds is 9. The third-order valence-electron chi connectivity index (χ3n) is 5.70. The van der Waals surface area contributed by atoms with Gasteiger partial charge in [0.05, 0.1) is 11.4 Å². The zero-order valence-corrected chi connectivity index (χ0v) is 20.0. The highest BCUT2D eigenvalue weighted by molar-refractivity contribution is 7.84. The molecule has 1 saturated heterocycles. The Morgan fingerprint density at radius 1 is 1.19 bits per heavy atom. The second-order valence-corrected chi connectivity index (χ2v) is 10.5. The van der Waals surface area contributed by atoms with Crippen LogP contribution in [-0.2, 0) is 21.3 Å². The largest absolute Gasteiger partial charge is 0.441 e. The Hall–Kier alpha value is -1.99. The summed E-state index contributed by atoms with van der Waals surface area (Å²) < 4.78 is 18.2. The maximum absolute atomic E-state index is 12.5. The number of hydrogen-bond donors (Lipinski definition) is 1. The van der Waals surface area contributed by atoms with Gasteiger partial charge in [0.2, 0.25) is 11.8 Å². The maximum Gasteiger partial charge on any atom is 0.232 e. The molecule has 1 aromatic carbocycles. The summed E-state index contributed by atoms with van der Waals surface area (Å²) in [5, 5.41) is 2.91. The Morgan fingerprint density at radius 2 is 1.87 bits per heavy atom. The smallest absolute Gasteiger partial charge is 0.232 e. The van der Waals surface area contributed by atoms with Crippen molar-refractivity contribution < 1.29 is 13.4 Å². The van der Waals surface area contributed by atoms with Gasteiger partial charge in [-0.3, -0.25) is 9.00 Å². The maximum atomic E-state index is 12.5. The molecule has 1 fully saturated rings. The van der Waals surface area contributed by atoms with Crippen LogP contribution < -0.4 is 5.32 Å². The number of aryl methyl sites for hydroxylation is 2. The first-order valence-corrected chi connectivity index (χ1v) is 12.7. The van der Waals surface area contributed by atoms with E-state index < -0.39 is 10.8 Å². The molecule has 2 heterocycles. The Morgan fingerprint density at radius 3 is 2.55 bits per heavy atom. The van der Waals surface area contributed by atoms with Gasteiger partial charge < -0.3 is 14.6 Å². The standard InChI is InChI=1S/C24H35N3O3S/c1-17-6-8-21(9-7-17)24-26-22(20(4)30-24)15-31(29)16-23(28)25-10-5-11-27-13-18(2)12-19(3)14-27/h6-9,18-19H,5,10-16H2,1-4H3,(H,25,28)/t18-,19-,31+/m0/s1. The summed E-state index contributed by atoms with van der Waals surface area (Å²) in [6.07, 6.45) is 2.22. The number of carbonyl (C=O) groups excluding carboxylic acids is 1. The molecule has 0 aliphatic carbocycles. The molecule has 0 unspecified atom stereocenters. The molecule has 1 amide bonds. The summed E-state index contributed by atoms with van der Waals surface area (Å²) >= 11 is 0. The number of amides is 1. The molecule has 31 heavy (non-hydrogen) atoms. The third-order valence-corrected chi connectivity index (χ3v) is 6.88. The normalized spacial score (nSPS) is 20.5. The molecule has 1 N–H and O–H groups in total. The van der Waals surface area contributed by atoms with Crippen molar-refractivity contribution in [2.24, 2.45) is 11.8 Å². The summed E-state index contributed by atoms with van der Waals surface area (Å²) in [5.41, 5.74) is 2.70. The van der Waals surface area contributed by atoms with Gasteiger partial charge in [-0.15, -0.1) is 0 Å². The molecular weight excluding hydrogens is 410 g/mol. The second-order valence-electron chi connectivity index (χ2n) is 9.03. The fourth-order valence-corrected chi connectivity index (χ4v) is 5.36. The number of carbonyl (C=O) groups is 1. The number of hydrogen-bond acceptors (Lipinski definition) is 5. The number of likely N-dealkylation sites (tertiary alicyclic amines) is 1. The van der Waals surface area contributed by atoms with E-state index in [9.17, 15) is 9.00 Å². The lowest BCUT2D eigenvalue weighted by molar-refractivity contribution is -0.118. The van der Waals surface area contributed by atoms with E-state index in [-0.39, 0.29) is 17.4 Å². The van der Waals surface area contributed by atoms with Crippen molar-refractivity contribution in [3.63, 3.8) is 0 Å². The molecule has 1 aliphatic heterocycles. The van der Waals surface area contributed by atoms with E-state index in [1.165, 1.54) is 12.0 Å². The molecule has 1 aromatic heterocycles. The van der Waals surface area contributed by atoms with Crippen LogP contribution in [0.1, 0.15) is 43.7 Å². The van der Waals surface area contributed by atoms with Crippen molar-refractivity contribution in [1.82, 2.24) is 15.2 Å². The lowest BCUT2D eigenvalue weighted by Gasteiger charge is -2.34. The topological polar surface area (TPSA) is 75.4 Å². The van der Waals surface area contributed by atoms with Gasteiger partial charge in [0.15, 0.2) is 0 Å². The van der Waals surface area contributed by atoms with Crippen molar-refractivity contribution in [3.8, 4) is 11.5 Å². The first-order valence-electron chi connectivity index (χ1n) is 11.2. The van der Waals surface area contributed by atoms with E-state index in [0.29, 0.717) is 23.9 Å². The molecule has 170 valence electrons. The Bertz CT molecular complexity index is 884. The molecule has 6 nitrogen and oxygen atoms in total. The zero-order valence-electron chi connectivity index (χ0n) is 19.1. The number of benzene rings is 1. The number of piperidine rings is 1. The SMILES string of the molecule is Cc1ccc(-c2nc(C[S@@](=O)CC(=O)NCCCN3C[C@@H](C)C[C@H](C)C3)c(C)o2)cc1. The van der Waals surface area contributed by atoms with Crippen molar-refractivity contribution >= 4 is 16.7 Å². The molecule has 0 radical (unpaired) electrons. The predicted molar refractivity (Wildman–Crippen MR) is 125 cm³/mol. The Labute approximate surface area is 188 Å². The van der Waals surface area contributed by atoms with Gasteiger partial charge in [-0.05, 0) is 57.2 Å². The quantitative estimate of drug-likeness (QED) is 0.596. The van der Waals surface area contributed by atoms with Crippen LogP contribution in [0.2, 0.25) is 0 Å². The lowest BCUT2D eigenvalue weighted by Crippen LogP contribution is -2.40. The average Bonchev–Trinajstić information content (AvgIpc) is 3.05. The highest BCUT2D eigenvalue weighted by Gasteiger charge is 2.21. The lowest BCUT2D eigenvalue weighted by atomic mass is 9.92. The predicted octanol–water partition coefficient (Wildman–Crippen LogP) is 3.69. The fraction of sp³-hybridized carbons (Fsp3) is 0.583. The first-order chi connectivity index (χ1) is 14.8. The molecule has 3 atom stereocenters. The third kappa shape index (κ3) is 7.28. The van der Waals surface area contributed by atoms with Crippen LogP contribution in [-0.4, -0.2) is 51.9 Å². The summed E-state index contributed by atoms with van der Waals surface area (Å²) in [6.45, 7) is 12.4. The zero-order chi connectivity index (χ0) is 22.4. The second kappa shape index (κ2) is 11.0. The molecular formula is C24H35N3O3S. The van der Waals surface area contributed by atoms with Crippen LogP contribution in [0, 0.1) is 25.7 Å². The van der Waals surface area contributed by atoms with Crippen molar-refractivity contribution in [2.45, 2.75) is 46.3 Å². The highest BCUT2D eigenvalue weighted by atomic mass is 32.2. The van der Waals surface area contributed by atoms with Crippen molar-refractivity contribution in [3.05, 3.63) is 41.3 Å². The summed E-state index contributed by atoms with van der Waals surface area (Å²) in [4.78, 5) is 19.2. The van der Waals surface area contributed by atoms with Gasteiger partial charge in [-0.2, -0.15) is 0 Å². The van der Waals surface area contributed by atoms with Gasteiger partial charge in [0.1, 0.15) is 11.5 Å². The van der Waals surface area contributed by atoms with Crippen molar-refractivity contribution in [2.75, 3.05) is 31.9 Å². The van der Waals surface area contributed by atoms with Gasteiger partial charge >= 0.3 is 0 Å². The average molecular weight is 446 g/mol. The minimum Gasteiger partial charge on any atom is -0.441 e. The molecule has 2 aromatic rings. The molecule has 0 spiro atoms. The number of nitrogens with one attached hydrogen (secondary N) is 1. The molecule has 0 bridgehead atoms. The summed E-state index contributed by atoms with van der Waals surface area (Å²) in [5.74, 6) is 2.70. The van der Waals surface area contributed by atoms with E-state index in [2.05, 4.69) is 29.0 Å². The van der Waals surface area contributed by atoms with Crippen LogP contribution in [0.3, 0.4) is 0 Å². The van der Waals surface area contributed by atoms with Crippen LogP contribution in [0.25, 0.3) is 11.5 Å². The summed E-state index contributed by atoms with van der Waals surface area (Å²) in [7, 11) is -1.32. The first kappa shape index (κ1) is 23.7. The minimum atomic E-state index is -1.32. The minimum absolute atomic E-state index is 0.00997. The Kier molecular flexibility index (Phi) is 8.43. The van der Waals surface area contributed by atoms with Gasteiger partial charge in [-0.1, -0.05) is 31.5 Å². The van der Waals surface area contributed by atoms with E-state index in [1.807, 2.05) is 38.1 Å². The van der Waals surface area contributed by atoms with E-state index in [4.69, 9.17) is 4.42 Å². The van der Waals surface area contributed by atoms with E-state index in [1.54, 1.807) is 0 Å². The van der Waals surface area contributed by atoms with Crippen LogP contribution >= 0.6 is 0 Å². The number of aromatic nitrogens is 1. The highest BCUT2D eigenvalue weighted by Crippen LogP contribution is 2.23. The van der Waals surface area contributed by atoms with Gasteiger partial charge in [0.25, 0.3) is 0 Å². The monoisotopic (exact) mass is 445 g/mol. The molecule has 7 heteroatoms. The van der Waals surface area contributed by atoms with E-state index in [0.717, 1.165) is 43.5 Å². The Balaban J connectivity index is 1.40. The molecule has 1 aliphatic rings. The molecule has 3 rings (SSSR count). The van der Waals surface area contributed by atoms with Crippen LogP contribution in [0.5, 0.6) is 0 Å². The number of nitrogens with zero attached hydrogens (tertiary/aromatic N) is 2. The fourth-order valence-electron chi connectivity index (χ4n) is 4.29. The van der Waals surface area contributed by atoms with Crippen molar-refractivity contribution in [1.29, 1.82) is 0 Å².